The molecule has 0 aromatic heterocycles. The van der Waals surface area contributed by atoms with Crippen molar-refractivity contribution in [1.82, 2.24) is 5.32 Å². The van der Waals surface area contributed by atoms with E-state index >= 15 is 0 Å². The van der Waals surface area contributed by atoms with Gasteiger partial charge in [0.05, 0.1) is 5.02 Å². The van der Waals surface area contributed by atoms with Gasteiger partial charge in [-0.1, -0.05) is 54.1 Å². The highest BCUT2D eigenvalue weighted by atomic mass is 35.5. The Hall–Kier alpha value is -1.45. The topological polar surface area (TPSA) is 29.1 Å². The van der Waals surface area contributed by atoms with Crippen LogP contribution in [-0.4, -0.2) is 18.2 Å². The van der Waals surface area contributed by atoms with Crippen molar-refractivity contribution in [2.75, 3.05) is 12.3 Å². The van der Waals surface area contributed by atoms with Gasteiger partial charge < -0.3 is 5.32 Å². The maximum atomic E-state index is 11.8. The first-order valence-corrected chi connectivity index (χ1v) is 9.80. The summed E-state index contributed by atoms with van der Waals surface area (Å²) in [5.74, 6) is 1.15. The van der Waals surface area contributed by atoms with E-state index in [1.54, 1.807) is 11.8 Å². The van der Waals surface area contributed by atoms with Crippen LogP contribution in [0, 0.1) is 0 Å². The third-order valence-electron chi connectivity index (χ3n) is 3.70. The Morgan fingerprint density at radius 2 is 1.71 bits per heavy atom. The van der Waals surface area contributed by atoms with Gasteiger partial charge in [-0.3, -0.25) is 4.79 Å². The molecule has 0 heterocycles. The fourth-order valence-electron chi connectivity index (χ4n) is 2.38. The molecule has 2 rings (SSSR count). The molecule has 1 amide bonds. The summed E-state index contributed by atoms with van der Waals surface area (Å²) < 4.78 is 0. The lowest BCUT2D eigenvalue weighted by Gasteiger charge is -2.06. The Bertz CT molecular complexity index is 618. The van der Waals surface area contributed by atoms with Gasteiger partial charge in [0.25, 0.3) is 0 Å². The summed E-state index contributed by atoms with van der Waals surface area (Å²) in [7, 11) is 0. The highest BCUT2D eigenvalue weighted by Gasteiger charge is 2.02. The standard InChI is InChI=1S/C20H24ClNOS/c21-18-12-4-5-13-19(18)24-16-7-6-14-20(23)22-15-8-11-17-9-2-1-3-10-17/h1-5,9-10,12-13H,6-8,11,14-16H2,(H,22,23). The predicted octanol–water partition coefficient (Wildman–Crippen LogP) is 5.35. The number of unbranched alkanes of at least 4 members (excludes halogenated alkanes) is 1. The Balaban J connectivity index is 1.48. The maximum Gasteiger partial charge on any atom is 0.219 e. The Morgan fingerprint density at radius 3 is 2.50 bits per heavy atom. The van der Waals surface area contributed by atoms with Crippen molar-refractivity contribution in [1.29, 1.82) is 0 Å². The molecule has 0 aliphatic carbocycles. The number of benzene rings is 2. The zero-order valence-electron chi connectivity index (χ0n) is 13.8. The summed E-state index contributed by atoms with van der Waals surface area (Å²) in [6, 6.07) is 18.3. The van der Waals surface area contributed by atoms with Gasteiger partial charge in [0.2, 0.25) is 5.91 Å². The first-order chi connectivity index (χ1) is 11.8. The van der Waals surface area contributed by atoms with Gasteiger partial charge >= 0.3 is 0 Å². The van der Waals surface area contributed by atoms with Crippen molar-refractivity contribution in [3.05, 3.63) is 65.2 Å². The number of amides is 1. The van der Waals surface area contributed by atoms with Crippen LogP contribution in [0.1, 0.15) is 31.2 Å². The molecule has 2 aromatic rings. The van der Waals surface area contributed by atoms with Crippen molar-refractivity contribution >= 4 is 29.3 Å². The number of carbonyl (C=O) groups is 1. The second-order valence-corrected chi connectivity index (χ2v) is 7.22. The quantitative estimate of drug-likeness (QED) is 0.456. The molecule has 0 aliphatic rings. The van der Waals surface area contributed by atoms with Crippen LogP contribution in [0.4, 0.5) is 0 Å². The summed E-state index contributed by atoms with van der Waals surface area (Å²) >= 11 is 7.87. The lowest BCUT2D eigenvalue weighted by atomic mass is 10.1. The third kappa shape index (κ3) is 7.41. The third-order valence-corrected chi connectivity index (χ3v) is 5.30. The van der Waals surface area contributed by atoms with Crippen LogP contribution in [0.5, 0.6) is 0 Å². The molecule has 4 heteroatoms. The number of nitrogens with one attached hydrogen (secondary N) is 1. The lowest BCUT2D eigenvalue weighted by molar-refractivity contribution is -0.121. The summed E-state index contributed by atoms with van der Waals surface area (Å²) in [5.41, 5.74) is 1.32. The number of aryl methyl sites for hydroxylation is 1. The zero-order chi connectivity index (χ0) is 17.0. The van der Waals surface area contributed by atoms with Gasteiger partial charge in [-0.2, -0.15) is 0 Å². The molecule has 0 spiro atoms. The van der Waals surface area contributed by atoms with Gasteiger partial charge in [-0.15, -0.1) is 11.8 Å². The summed E-state index contributed by atoms with van der Waals surface area (Å²) in [6.45, 7) is 0.752. The van der Waals surface area contributed by atoms with Crippen LogP contribution in [-0.2, 0) is 11.2 Å². The minimum atomic E-state index is 0.158. The molecule has 128 valence electrons. The van der Waals surface area contributed by atoms with Gasteiger partial charge in [0.1, 0.15) is 0 Å². The number of halogens is 1. The average molecular weight is 362 g/mol. The molecule has 0 saturated carbocycles. The van der Waals surface area contributed by atoms with Crippen LogP contribution in [0.25, 0.3) is 0 Å². The van der Waals surface area contributed by atoms with Gasteiger partial charge in [-0.05, 0) is 49.1 Å². The number of rotatable bonds is 10. The average Bonchev–Trinajstić information content (AvgIpc) is 2.61. The predicted molar refractivity (Wildman–Crippen MR) is 104 cm³/mol. The van der Waals surface area contributed by atoms with E-state index in [2.05, 4.69) is 29.6 Å². The second kappa shape index (κ2) is 11.2. The minimum absolute atomic E-state index is 0.158. The van der Waals surface area contributed by atoms with Gasteiger partial charge in [-0.25, -0.2) is 0 Å². The minimum Gasteiger partial charge on any atom is -0.356 e. The van der Waals surface area contributed by atoms with Crippen molar-refractivity contribution < 1.29 is 4.79 Å². The normalized spacial score (nSPS) is 10.5. The first kappa shape index (κ1) is 18.9. The second-order valence-electron chi connectivity index (χ2n) is 5.68. The molecule has 0 radical (unpaired) electrons. The highest BCUT2D eigenvalue weighted by molar-refractivity contribution is 7.99. The van der Waals surface area contributed by atoms with Crippen LogP contribution in [0.15, 0.2) is 59.5 Å². The first-order valence-electron chi connectivity index (χ1n) is 8.43. The van der Waals surface area contributed by atoms with E-state index in [0.717, 1.165) is 47.9 Å². The highest BCUT2D eigenvalue weighted by Crippen LogP contribution is 2.27. The molecule has 24 heavy (non-hydrogen) atoms. The molecule has 0 aliphatic heterocycles. The molecule has 0 saturated heterocycles. The van der Waals surface area contributed by atoms with Crippen LogP contribution in [0.2, 0.25) is 5.02 Å². The van der Waals surface area contributed by atoms with Gasteiger partial charge in [0.15, 0.2) is 0 Å². The van der Waals surface area contributed by atoms with E-state index in [9.17, 15) is 4.79 Å². The van der Waals surface area contributed by atoms with Crippen molar-refractivity contribution in [2.45, 2.75) is 37.0 Å². The fourth-order valence-corrected chi connectivity index (χ4v) is 3.63. The maximum absolute atomic E-state index is 11.8. The zero-order valence-corrected chi connectivity index (χ0v) is 15.4. The number of thioether (sulfide) groups is 1. The summed E-state index contributed by atoms with van der Waals surface area (Å²) in [6.07, 6.45) is 4.54. The van der Waals surface area contributed by atoms with Crippen molar-refractivity contribution in [2.24, 2.45) is 0 Å². The molecular formula is C20H24ClNOS. The van der Waals surface area contributed by atoms with Crippen molar-refractivity contribution in [3.8, 4) is 0 Å². The number of carbonyl (C=O) groups excluding carboxylic acids is 1. The van der Waals surface area contributed by atoms with E-state index in [1.807, 2.05) is 30.3 Å². The van der Waals surface area contributed by atoms with E-state index in [-0.39, 0.29) is 5.91 Å². The van der Waals surface area contributed by atoms with E-state index < -0.39 is 0 Å². The molecular weight excluding hydrogens is 338 g/mol. The smallest absolute Gasteiger partial charge is 0.219 e. The van der Waals surface area contributed by atoms with E-state index in [1.165, 1.54) is 5.56 Å². The van der Waals surface area contributed by atoms with Crippen LogP contribution >= 0.6 is 23.4 Å². The Kier molecular flexibility index (Phi) is 8.78. The number of hydrogen-bond donors (Lipinski definition) is 1. The van der Waals surface area contributed by atoms with Crippen molar-refractivity contribution in [3.63, 3.8) is 0 Å². The molecule has 2 aromatic carbocycles. The monoisotopic (exact) mass is 361 g/mol. The van der Waals surface area contributed by atoms with E-state index in [4.69, 9.17) is 11.6 Å². The Morgan fingerprint density at radius 1 is 0.958 bits per heavy atom. The Labute approximate surface area is 154 Å². The van der Waals surface area contributed by atoms with E-state index in [0.29, 0.717) is 6.42 Å². The summed E-state index contributed by atoms with van der Waals surface area (Å²) in [5, 5.41) is 3.81. The largest absolute Gasteiger partial charge is 0.356 e. The molecule has 0 fully saturated rings. The SMILES string of the molecule is O=C(CCCCSc1ccccc1Cl)NCCCc1ccccc1. The number of hydrogen-bond acceptors (Lipinski definition) is 2. The molecule has 0 atom stereocenters. The summed E-state index contributed by atoms with van der Waals surface area (Å²) in [4.78, 5) is 12.9. The molecule has 1 N–H and O–H groups in total. The fraction of sp³-hybridized carbons (Fsp3) is 0.350. The van der Waals surface area contributed by atoms with Crippen LogP contribution in [0.3, 0.4) is 0 Å². The van der Waals surface area contributed by atoms with Gasteiger partial charge in [0, 0.05) is 17.9 Å². The molecule has 0 bridgehead atoms. The lowest BCUT2D eigenvalue weighted by Crippen LogP contribution is -2.24. The van der Waals surface area contributed by atoms with Crippen LogP contribution < -0.4 is 5.32 Å². The molecule has 2 nitrogen and oxygen atoms in total. The molecule has 0 unspecified atom stereocenters.